The lowest BCUT2D eigenvalue weighted by Gasteiger charge is -2.26. The molecule has 2 heterocycles. The second-order valence-corrected chi connectivity index (χ2v) is 8.92. The molecule has 1 N–H and O–H groups in total. The van der Waals surface area contributed by atoms with Crippen molar-refractivity contribution in [2.75, 3.05) is 31.6 Å². The number of benzene rings is 2. The van der Waals surface area contributed by atoms with E-state index in [2.05, 4.69) is 5.32 Å². The van der Waals surface area contributed by atoms with Gasteiger partial charge in [-0.1, -0.05) is 6.07 Å². The van der Waals surface area contributed by atoms with Gasteiger partial charge < -0.3 is 19.2 Å². The molecule has 1 aliphatic heterocycles. The molecule has 0 bridgehead atoms. The Balaban J connectivity index is 1.51. The first-order valence-corrected chi connectivity index (χ1v) is 11.3. The third-order valence-corrected chi connectivity index (χ3v) is 6.72. The maximum atomic E-state index is 14.4. The Morgan fingerprint density at radius 3 is 2.55 bits per heavy atom. The van der Waals surface area contributed by atoms with E-state index in [4.69, 9.17) is 13.9 Å². The molecule has 33 heavy (non-hydrogen) atoms. The van der Waals surface area contributed by atoms with Gasteiger partial charge in [0.15, 0.2) is 5.76 Å². The fourth-order valence-electron chi connectivity index (χ4n) is 3.16. The molecule has 0 unspecified atom stereocenters. The minimum absolute atomic E-state index is 0.0902. The summed E-state index contributed by atoms with van der Waals surface area (Å²) in [7, 11) is -4.15. The molecule has 0 atom stereocenters. The summed E-state index contributed by atoms with van der Waals surface area (Å²) in [5.41, 5.74) is 0.199. The Morgan fingerprint density at radius 2 is 1.82 bits per heavy atom. The number of carbonyl (C=O) groups excluding carboxylic acids is 2. The average Bonchev–Trinajstić information content (AvgIpc) is 3.35. The highest BCUT2D eigenvalue weighted by molar-refractivity contribution is 7.89. The van der Waals surface area contributed by atoms with E-state index in [0.717, 1.165) is 22.5 Å². The number of ether oxygens (including phenoxy) is 2. The van der Waals surface area contributed by atoms with Crippen molar-refractivity contribution in [1.82, 2.24) is 4.31 Å². The number of morpholine rings is 1. The van der Waals surface area contributed by atoms with Crippen LogP contribution < -0.4 is 10.1 Å². The second kappa shape index (κ2) is 9.53. The zero-order valence-electron chi connectivity index (χ0n) is 17.2. The third-order valence-electron chi connectivity index (χ3n) is 4.80. The summed E-state index contributed by atoms with van der Waals surface area (Å²) in [4.78, 5) is 24.1. The van der Waals surface area contributed by atoms with E-state index in [1.165, 1.54) is 24.5 Å². The first-order chi connectivity index (χ1) is 15.8. The van der Waals surface area contributed by atoms with Gasteiger partial charge in [0.2, 0.25) is 10.0 Å². The highest BCUT2D eigenvalue weighted by Crippen LogP contribution is 2.24. The summed E-state index contributed by atoms with van der Waals surface area (Å²) in [5.74, 6) is -2.14. The van der Waals surface area contributed by atoms with Gasteiger partial charge in [0, 0.05) is 24.8 Å². The van der Waals surface area contributed by atoms with Crippen LogP contribution in [0, 0.1) is 5.82 Å². The summed E-state index contributed by atoms with van der Waals surface area (Å²) in [6, 6.07) is 12.1. The van der Waals surface area contributed by atoms with E-state index >= 15 is 0 Å². The number of halogens is 1. The van der Waals surface area contributed by atoms with E-state index in [0.29, 0.717) is 5.69 Å². The van der Waals surface area contributed by atoms with Crippen LogP contribution >= 0.6 is 0 Å². The summed E-state index contributed by atoms with van der Waals surface area (Å²) in [6.45, 7) is 0.588. The molecule has 1 fully saturated rings. The minimum Gasteiger partial charge on any atom is -0.459 e. The Labute approximate surface area is 188 Å². The standard InChI is InChI=1S/C22H19FN2O7S/c23-18-7-6-15(13-20(18)33(28,29)25-8-11-30-12-9-25)22(27)32-17-4-1-3-16(14-17)24-21(26)19-5-2-10-31-19/h1-7,10,13-14H,8-9,11-12H2,(H,24,26). The van der Waals surface area contributed by atoms with Gasteiger partial charge in [-0.2, -0.15) is 4.31 Å². The second-order valence-electron chi connectivity index (χ2n) is 7.01. The Kier molecular flexibility index (Phi) is 6.54. The first kappa shape index (κ1) is 22.6. The molecule has 1 amide bonds. The van der Waals surface area contributed by atoms with E-state index in [9.17, 15) is 22.4 Å². The number of amides is 1. The van der Waals surface area contributed by atoms with Crippen LogP contribution in [0.1, 0.15) is 20.9 Å². The van der Waals surface area contributed by atoms with Crippen molar-refractivity contribution in [3.63, 3.8) is 0 Å². The summed E-state index contributed by atoms with van der Waals surface area (Å²) < 4.78 is 56.6. The van der Waals surface area contributed by atoms with Crippen molar-refractivity contribution in [1.29, 1.82) is 0 Å². The zero-order valence-corrected chi connectivity index (χ0v) is 18.0. The molecular formula is C22H19FN2O7S. The maximum absolute atomic E-state index is 14.4. The summed E-state index contributed by atoms with van der Waals surface area (Å²) >= 11 is 0. The van der Waals surface area contributed by atoms with Gasteiger partial charge in [-0.15, -0.1) is 0 Å². The molecule has 2 aromatic carbocycles. The SMILES string of the molecule is O=C(Oc1cccc(NC(=O)c2ccco2)c1)c1ccc(F)c(S(=O)(=O)N2CCOCC2)c1. The number of esters is 1. The van der Waals surface area contributed by atoms with Crippen LogP contribution in [-0.2, 0) is 14.8 Å². The Hall–Kier alpha value is -3.54. The van der Waals surface area contributed by atoms with Gasteiger partial charge >= 0.3 is 5.97 Å². The molecule has 0 spiro atoms. The predicted octanol–water partition coefficient (Wildman–Crippen LogP) is 2.91. The Bertz CT molecular complexity index is 1270. The monoisotopic (exact) mass is 474 g/mol. The van der Waals surface area contributed by atoms with E-state index < -0.39 is 32.6 Å². The van der Waals surface area contributed by atoms with Crippen LogP contribution in [0.5, 0.6) is 5.75 Å². The fourth-order valence-corrected chi connectivity index (χ4v) is 4.66. The number of hydrogen-bond donors (Lipinski definition) is 1. The topological polar surface area (TPSA) is 115 Å². The third kappa shape index (κ3) is 5.11. The predicted molar refractivity (Wildman–Crippen MR) is 114 cm³/mol. The molecule has 1 aliphatic rings. The van der Waals surface area contributed by atoms with Crippen LogP contribution in [0.3, 0.4) is 0 Å². The van der Waals surface area contributed by atoms with Gasteiger partial charge in [-0.05, 0) is 42.5 Å². The number of nitrogens with zero attached hydrogens (tertiary/aromatic N) is 1. The molecule has 4 rings (SSSR count). The highest BCUT2D eigenvalue weighted by atomic mass is 32.2. The van der Waals surface area contributed by atoms with E-state index in [1.807, 2.05) is 0 Å². The van der Waals surface area contributed by atoms with Crippen LogP contribution in [0.15, 0.2) is 70.2 Å². The molecule has 0 saturated carbocycles. The number of carbonyl (C=O) groups is 2. The molecule has 172 valence electrons. The van der Waals surface area contributed by atoms with Crippen LogP contribution in [-0.4, -0.2) is 50.9 Å². The lowest BCUT2D eigenvalue weighted by molar-refractivity contribution is 0.0726. The van der Waals surface area contributed by atoms with Crippen molar-refractivity contribution < 1.29 is 36.3 Å². The van der Waals surface area contributed by atoms with Gasteiger partial charge in [-0.3, -0.25) is 4.79 Å². The average molecular weight is 474 g/mol. The van der Waals surface area contributed by atoms with Gasteiger partial charge in [0.25, 0.3) is 5.91 Å². The van der Waals surface area contributed by atoms with E-state index in [-0.39, 0.29) is 43.4 Å². The first-order valence-electron chi connectivity index (χ1n) is 9.89. The smallest absolute Gasteiger partial charge is 0.343 e. The van der Waals surface area contributed by atoms with Crippen molar-refractivity contribution in [2.24, 2.45) is 0 Å². The fraction of sp³-hybridized carbons (Fsp3) is 0.182. The molecule has 11 heteroatoms. The molecule has 0 aliphatic carbocycles. The quantitative estimate of drug-likeness (QED) is 0.431. The van der Waals surface area contributed by atoms with Gasteiger partial charge in [-0.25, -0.2) is 17.6 Å². The normalized spacial score (nSPS) is 14.6. The van der Waals surface area contributed by atoms with E-state index in [1.54, 1.807) is 18.2 Å². The number of rotatable bonds is 6. The van der Waals surface area contributed by atoms with Crippen LogP contribution in [0.25, 0.3) is 0 Å². The largest absolute Gasteiger partial charge is 0.459 e. The van der Waals surface area contributed by atoms with Crippen molar-refractivity contribution >= 4 is 27.6 Å². The molecule has 9 nitrogen and oxygen atoms in total. The van der Waals surface area contributed by atoms with Gasteiger partial charge in [0.1, 0.15) is 16.5 Å². The number of nitrogens with one attached hydrogen (secondary N) is 1. The lowest BCUT2D eigenvalue weighted by atomic mass is 10.2. The van der Waals surface area contributed by atoms with Crippen LogP contribution in [0.2, 0.25) is 0 Å². The molecule has 0 radical (unpaired) electrons. The molecule has 3 aromatic rings. The number of furan rings is 1. The van der Waals surface area contributed by atoms with Crippen molar-refractivity contribution in [3.8, 4) is 5.75 Å². The Morgan fingerprint density at radius 1 is 1.03 bits per heavy atom. The van der Waals surface area contributed by atoms with Crippen molar-refractivity contribution in [2.45, 2.75) is 4.90 Å². The molecular weight excluding hydrogens is 455 g/mol. The van der Waals surface area contributed by atoms with Crippen LogP contribution in [0.4, 0.5) is 10.1 Å². The number of anilines is 1. The summed E-state index contributed by atoms with van der Waals surface area (Å²) in [6.07, 6.45) is 1.36. The highest BCUT2D eigenvalue weighted by Gasteiger charge is 2.30. The lowest BCUT2D eigenvalue weighted by Crippen LogP contribution is -2.41. The van der Waals surface area contributed by atoms with Gasteiger partial charge in [0.05, 0.1) is 25.0 Å². The molecule has 1 saturated heterocycles. The minimum atomic E-state index is -4.15. The van der Waals surface area contributed by atoms with Crippen molar-refractivity contribution in [3.05, 3.63) is 78.0 Å². The number of hydrogen-bond acceptors (Lipinski definition) is 7. The summed E-state index contributed by atoms with van der Waals surface area (Å²) in [5, 5.41) is 2.60. The number of sulfonamides is 1. The zero-order chi connectivity index (χ0) is 23.4. The molecule has 1 aromatic heterocycles. The maximum Gasteiger partial charge on any atom is 0.343 e.